The highest BCUT2D eigenvalue weighted by molar-refractivity contribution is 8.24. The van der Waals surface area contributed by atoms with Gasteiger partial charge in [-0.15, -0.1) is 11.3 Å². The number of aromatic nitrogens is 1. The molecule has 0 radical (unpaired) electrons. The van der Waals surface area contributed by atoms with Gasteiger partial charge < -0.3 is 15.0 Å². The van der Waals surface area contributed by atoms with Gasteiger partial charge in [-0.1, -0.05) is 37.1 Å². The molecule has 2 saturated carbocycles. The summed E-state index contributed by atoms with van der Waals surface area (Å²) >= 11 is 1.62. The smallest absolute Gasteiger partial charge is 0.225 e. The van der Waals surface area contributed by atoms with Gasteiger partial charge in [-0.2, -0.15) is 15.9 Å². The molecule has 1 saturated heterocycles. The summed E-state index contributed by atoms with van der Waals surface area (Å²) in [5.74, 6) is 1.25. The van der Waals surface area contributed by atoms with Crippen LogP contribution < -0.4 is 15.0 Å². The number of para-hydroxylation sites is 1. The summed E-state index contributed by atoms with van der Waals surface area (Å²) in [4.78, 5) is 22.0. The van der Waals surface area contributed by atoms with Crippen molar-refractivity contribution in [3.63, 3.8) is 0 Å². The van der Waals surface area contributed by atoms with Gasteiger partial charge in [0.15, 0.2) is 0 Å². The third-order valence-electron chi connectivity index (χ3n) is 8.64. The molecule has 6 rings (SSSR count). The number of rotatable bonds is 7. The van der Waals surface area contributed by atoms with Crippen molar-refractivity contribution in [1.29, 1.82) is 5.26 Å². The third kappa shape index (κ3) is 5.82. The summed E-state index contributed by atoms with van der Waals surface area (Å²) < 4.78 is 25.7. The molecule has 3 N–H and O–H groups in total. The summed E-state index contributed by atoms with van der Waals surface area (Å²) in [6.07, 6.45) is 5.11. The minimum Gasteiger partial charge on any atom is -0.496 e. The summed E-state index contributed by atoms with van der Waals surface area (Å²) in [5, 5.41) is 13.5. The Morgan fingerprint density at radius 2 is 1.83 bits per heavy atom. The third-order valence-corrected chi connectivity index (χ3v) is 11.5. The van der Waals surface area contributed by atoms with E-state index in [9.17, 15) is 19.2 Å². The first-order valence-corrected chi connectivity index (χ1v) is 17.0. The van der Waals surface area contributed by atoms with Crippen molar-refractivity contribution < 1.29 is 18.6 Å². The number of hydrogen-bond donors (Lipinski definition) is 3. The number of carbonyl (C=O) groups is 1. The average Bonchev–Trinajstić information content (AvgIpc) is 3.63. The fourth-order valence-corrected chi connectivity index (χ4v) is 8.43. The van der Waals surface area contributed by atoms with Gasteiger partial charge in [-0.05, 0) is 55.5 Å². The highest BCUT2D eigenvalue weighted by Crippen LogP contribution is 2.48. The maximum Gasteiger partial charge on any atom is 0.225 e. The fraction of sp³-hybridized carbons (Fsp3) is 0.452. The molecule has 2 aromatic carbocycles. The van der Waals surface area contributed by atoms with Crippen molar-refractivity contribution in [3.8, 4) is 32.8 Å². The number of carbonyl (C=O) groups excluding carboxylic acids is 1. The zero-order valence-corrected chi connectivity index (χ0v) is 24.8. The van der Waals surface area contributed by atoms with Crippen LogP contribution in [0.3, 0.4) is 0 Å². The van der Waals surface area contributed by atoms with Crippen molar-refractivity contribution in [2.75, 3.05) is 36.6 Å². The van der Waals surface area contributed by atoms with Crippen LogP contribution in [0.2, 0.25) is 0 Å². The fourth-order valence-electron chi connectivity index (χ4n) is 6.03. The molecular formula is C31H36N4O4S2. The first kappa shape index (κ1) is 28.0. The molecule has 0 unspecified atom stereocenters. The van der Waals surface area contributed by atoms with Crippen LogP contribution in [-0.4, -0.2) is 57.2 Å². The second-order valence-electron chi connectivity index (χ2n) is 11.4. The number of nitriles is 1. The zero-order chi connectivity index (χ0) is 28.6. The largest absolute Gasteiger partial charge is 0.496 e. The Morgan fingerprint density at radius 1 is 1.12 bits per heavy atom. The molecule has 216 valence electrons. The van der Waals surface area contributed by atoms with Crippen molar-refractivity contribution >= 4 is 33.5 Å². The monoisotopic (exact) mass is 592 g/mol. The van der Waals surface area contributed by atoms with Crippen LogP contribution in [0.1, 0.15) is 50.1 Å². The van der Waals surface area contributed by atoms with Crippen LogP contribution in [0, 0.1) is 17.2 Å². The lowest BCUT2D eigenvalue weighted by atomic mass is 9.76. The van der Waals surface area contributed by atoms with Crippen LogP contribution in [0.15, 0.2) is 48.5 Å². The second-order valence-corrected chi connectivity index (χ2v) is 14.8. The van der Waals surface area contributed by atoms with Crippen molar-refractivity contribution in [2.24, 2.45) is 5.92 Å². The van der Waals surface area contributed by atoms with E-state index < -0.39 is 16.1 Å². The highest BCUT2D eigenvalue weighted by atomic mass is 32.3. The van der Waals surface area contributed by atoms with Gasteiger partial charge in [-0.3, -0.25) is 13.9 Å². The van der Waals surface area contributed by atoms with Crippen LogP contribution in [0.5, 0.6) is 5.75 Å². The highest BCUT2D eigenvalue weighted by Gasteiger charge is 2.47. The van der Waals surface area contributed by atoms with E-state index in [1.54, 1.807) is 18.4 Å². The molecule has 0 bridgehead atoms. The number of methoxy groups -OCH3 is 1. The van der Waals surface area contributed by atoms with Crippen LogP contribution in [0.25, 0.3) is 21.0 Å². The van der Waals surface area contributed by atoms with Crippen molar-refractivity contribution in [2.45, 2.75) is 50.0 Å². The number of anilines is 1. The molecule has 3 fully saturated rings. The average molecular weight is 593 g/mol. The van der Waals surface area contributed by atoms with E-state index in [1.807, 2.05) is 24.3 Å². The van der Waals surface area contributed by atoms with Crippen LogP contribution in [0.4, 0.5) is 5.69 Å². The number of ether oxygens (including phenoxy) is 1. The number of nitrogens with zero attached hydrogens (tertiary/aromatic N) is 3. The standard InChI is InChI=1S/C31H36N4O4S2/c1-39-26-9-5-4-8-25(26)30-33-27(23-6-2-3-7-24(23)29(36)34-31(20-32)14-15-31)28(40-30)21-10-12-22(13-11-21)35-16-18-41(37,38)19-17-35/h4-5,8-13,23-24,37-38H,2-3,6-7,14-19H2,1H3,(H,34,36)/t23-,24-/m1/s1. The molecule has 41 heavy (non-hydrogen) atoms. The Bertz CT molecular complexity index is 1450. The van der Waals surface area contributed by atoms with Gasteiger partial charge in [0.05, 0.1) is 40.8 Å². The molecule has 1 aromatic heterocycles. The van der Waals surface area contributed by atoms with E-state index in [2.05, 4.69) is 40.6 Å². The SMILES string of the molecule is COc1ccccc1-c1nc([C@@H]2CCCC[C@H]2C(=O)NC2(C#N)CC2)c(-c2ccc(N3CCS(O)(O)CC3)cc2)s1. The molecule has 1 aliphatic heterocycles. The van der Waals surface area contributed by atoms with Gasteiger partial charge in [0.25, 0.3) is 0 Å². The molecule has 1 amide bonds. The van der Waals surface area contributed by atoms with Gasteiger partial charge in [0.2, 0.25) is 5.91 Å². The molecular weight excluding hydrogens is 556 g/mol. The minimum atomic E-state index is -2.45. The van der Waals surface area contributed by atoms with Gasteiger partial charge in [0, 0.05) is 30.6 Å². The van der Waals surface area contributed by atoms with Gasteiger partial charge in [0.1, 0.15) is 16.3 Å². The first-order chi connectivity index (χ1) is 19.8. The predicted molar refractivity (Wildman–Crippen MR) is 165 cm³/mol. The zero-order valence-electron chi connectivity index (χ0n) is 23.2. The predicted octanol–water partition coefficient (Wildman–Crippen LogP) is 6.50. The van der Waals surface area contributed by atoms with Gasteiger partial charge >= 0.3 is 0 Å². The maximum absolute atomic E-state index is 13.5. The number of hydrogen-bond acceptors (Lipinski definition) is 8. The minimum absolute atomic E-state index is 0.0297. The second kappa shape index (κ2) is 11.3. The summed E-state index contributed by atoms with van der Waals surface area (Å²) in [6, 6.07) is 18.6. The van der Waals surface area contributed by atoms with Crippen LogP contribution >= 0.6 is 21.9 Å². The normalized spacial score (nSPS) is 23.7. The number of amides is 1. The molecule has 2 aliphatic carbocycles. The Labute approximate surface area is 246 Å². The molecule has 2 atom stereocenters. The summed E-state index contributed by atoms with van der Waals surface area (Å²) in [7, 11) is -0.789. The lowest BCUT2D eigenvalue weighted by Crippen LogP contribution is -2.42. The van der Waals surface area contributed by atoms with E-state index in [0.29, 0.717) is 24.6 Å². The lowest BCUT2D eigenvalue weighted by Gasteiger charge is -2.41. The Morgan fingerprint density at radius 3 is 2.51 bits per heavy atom. The Balaban J connectivity index is 1.36. The maximum atomic E-state index is 13.5. The number of thiazole rings is 1. The number of benzene rings is 2. The topological polar surface area (TPSA) is 119 Å². The van der Waals surface area contributed by atoms with Crippen molar-refractivity contribution in [1.82, 2.24) is 10.3 Å². The van der Waals surface area contributed by atoms with E-state index in [-0.39, 0.29) is 17.7 Å². The van der Waals surface area contributed by atoms with E-state index in [1.165, 1.54) is 0 Å². The van der Waals surface area contributed by atoms with E-state index in [0.717, 1.165) is 76.7 Å². The van der Waals surface area contributed by atoms with E-state index >= 15 is 0 Å². The molecule has 3 aromatic rings. The quantitative estimate of drug-likeness (QED) is 0.286. The van der Waals surface area contributed by atoms with Crippen molar-refractivity contribution in [3.05, 3.63) is 54.2 Å². The molecule has 8 nitrogen and oxygen atoms in total. The lowest BCUT2D eigenvalue weighted by molar-refractivity contribution is -0.127. The Hall–Kier alpha value is -3.10. The summed E-state index contributed by atoms with van der Waals surface area (Å²) in [6.45, 7) is 1.24. The van der Waals surface area contributed by atoms with Gasteiger partial charge in [-0.25, -0.2) is 4.98 Å². The van der Waals surface area contributed by atoms with E-state index in [4.69, 9.17) is 9.72 Å². The number of nitrogens with one attached hydrogen (secondary N) is 1. The van der Waals surface area contributed by atoms with Crippen LogP contribution in [-0.2, 0) is 4.79 Å². The summed E-state index contributed by atoms with van der Waals surface area (Å²) in [5.41, 5.74) is 3.28. The molecule has 3 aliphatic rings. The molecule has 0 spiro atoms. The molecule has 2 heterocycles. The molecule has 10 heteroatoms. The Kier molecular flexibility index (Phi) is 7.72. The first-order valence-electron chi connectivity index (χ1n) is 14.3.